The van der Waals surface area contributed by atoms with Crippen LogP contribution >= 0.6 is 0 Å². The zero-order valence-corrected chi connectivity index (χ0v) is 9.84. The Labute approximate surface area is 104 Å². The second kappa shape index (κ2) is 6.45. The highest BCUT2D eigenvalue weighted by Crippen LogP contribution is 2.16. The highest BCUT2D eigenvalue weighted by Gasteiger charge is 2.17. The molecule has 1 aromatic rings. The van der Waals surface area contributed by atoms with Gasteiger partial charge in [0.15, 0.2) is 6.10 Å². The van der Waals surface area contributed by atoms with E-state index in [0.29, 0.717) is 11.4 Å². The van der Waals surface area contributed by atoms with Crippen LogP contribution in [0, 0.1) is 0 Å². The third kappa shape index (κ3) is 3.95. The Morgan fingerprint density at radius 3 is 2.67 bits per heavy atom. The van der Waals surface area contributed by atoms with E-state index in [2.05, 4.69) is 15.4 Å². The van der Waals surface area contributed by atoms with Gasteiger partial charge in [0.1, 0.15) is 0 Å². The number of carbonyl (C=O) groups excluding carboxylic acids is 1. The number of amides is 2. The number of aliphatic carboxylic acids is 1. The first-order valence-corrected chi connectivity index (χ1v) is 5.19. The van der Waals surface area contributed by atoms with Gasteiger partial charge in [0.05, 0.1) is 17.9 Å². The summed E-state index contributed by atoms with van der Waals surface area (Å²) in [5.74, 6) is -1.14. The molecule has 5 N–H and O–H groups in total. The number of benzene rings is 1. The summed E-state index contributed by atoms with van der Waals surface area (Å²) in [6.07, 6.45) is -1.08. The van der Waals surface area contributed by atoms with Gasteiger partial charge in [-0.05, 0) is 12.1 Å². The molecule has 0 saturated heterocycles. The standard InChI is InChI=1S/C11H15N3O4/c1-18-9(10(15)16)6-13-11(17)14-8-5-3-2-4-7(8)12/h2-5,9H,6,12H2,1H3,(H,15,16)(H2,13,14,17). The summed E-state index contributed by atoms with van der Waals surface area (Å²) in [7, 11) is 1.26. The van der Waals surface area contributed by atoms with Crippen LogP contribution in [-0.4, -0.2) is 36.9 Å². The van der Waals surface area contributed by atoms with Crippen LogP contribution in [0.2, 0.25) is 0 Å². The highest BCUT2D eigenvalue weighted by atomic mass is 16.5. The van der Waals surface area contributed by atoms with Crippen molar-refractivity contribution >= 4 is 23.4 Å². The molecular weight excluding hydrogens is 238 g/mol. The fraction of sp³-hybridized carbons (Fsp3) is 0.273. The Morgan fingerprint density at radius 1 is 1.44 bits per heavy atom. The van der Waals surface area contributed by atoms with Crippen molar-refractivity contribution in [2.24, 2.45) is 0 Å². The van der Waals surface area contributed by atoms with Gasteiger partial charge < -0.3 is 26.2 Å². The quantitative estimate of drug-likeness (QED) is 0.570. The molecule has 1 unspecified atom stereocenters. The van der Waals surface area contributed by atoms with Crippen molar-refractivity contribution in [2.75, 3.05) is 24.7 Å². The molecule has 0 spiro atoms. The molecule has 1 atom stereocenters. The fourth-order valence-electron chi connectivity index (χ4n) is 1.23. The largest absolute Gasteiger partial charge is 0.479 e. The lowest BCUT2D eigenvalue weighted by molar-refractivity contribution is -0.147. The molecule has 7 heteroatoms. The normalized spacial score (nSPS) is 11.6. The average molecular weight is 253 g/mol. The van der Waals surface area contributed by atoms with E-state index in [1.807, 2.05) is 0 Å². The number of carbonyl (C=O) groups is 2. The minimum atomic E-state index is -1.14. The molecule has 0 saturated carbocycles. The SMILES string of the molecule is COC(CNC(=O)Nc1ccccc1N)C(=O)O. The van der Waals surface area contributed by atoms with Crippen LogP contribution in [0.4, 0.5) is 16.2 Å². The summed E-state index contributed by atoms with van der Waals surface area (Å²) in [4.78, 5) is 22.1. The number of methoxy groups -OCH3 is 1. The highest BCUT2D eigenvalue weighted by molar-refractivity contribution is 5.92. The van der Waals surface area contributed by atoms with Crippen LogP contribution in [0.5, 0.6) is 0 Å². The van der Waals surface area contributed by atoms with Crippen LogP contribution in [0.1, 0.15) is 0 Å². The van der Waals surface area contributed by atoms with Crippen molar-refractivity contribution in [3.63, 3.8) is 0 Å². The van der Waals surface area contributed by atoms with E-state index < -0.39 is 18.1 Å². The molecular formula is C11H15N3O4. The van der Waals surface area contributed by atoms with Gasteiger partial charge in [-0.1, -0.05) is 12.1 Å². The van der Waals surface area contributed by atoms with Gasteiger partial charge in [0.25, 0.3) is 0 Å². The molecule has 0 aliphatic rings. The Bertz CT molecular complexity index is 436. The maximum Gasteiger partial charge on any atom is 0.334 e. The van der Waals surface area contributed by atoms with Crippen LogP contribution in [0.25, 0.3) is 0 Å². The second-order valence-corrected chi connectivity index (χ2v) is 3.48. The number of ether oxygens (including phenoxy) is 1. The summed E-state index contributed by atoms with van der Waals surface area (Å²) in [6, 6.07) is 6.20. The lowest BCUT2D eigenvalue weighted by Gasteiger charge is -2.13. The zero-order chi connectivity index (χ0) is 13.5. The number of hydrogen-bond acceptors (Lipinski definition) is 4. The van der Waals surface area contributed by atoms with Crippen molar-refractivity contribution in [3.05, 3.63) is 24.3 Å². The number of anilines is 2. The van der Waals surface area contributed by atoms with E-state index in [9.17, 15) is 9.59 Å². The van der Waals surface area contributed by atoms with Crippen molar-refractivity contribution < 1.29 is 19.4 Å². The minimum absolute atomic E-state index is 0.135. The molecule has 1 aromatic carbocycles. The molecule has 7 nitrogen and oxygen atoms in total. The third-order valence-corrected chi connectivity index (χ3v) is 2.22. The average Bonchev–Trinajstić information content (AvgIpc) is 2.32. The number of nitrogens with two attached hydrogens (primary N) is 1. The van der Waals surface area contributed by atoms with E-state index in [-0.39, 0.29) is 6.54 Å². The molecule has 0 fully saturated rings. The number of urea groups is 1. The summed E-state index contributed by atoms with van der Waals surface area (Å²) in [5, 5.41) is 13.6. The second-order valence-electron chi connectivity index (χ2n) is 3.48. The Balaban J connectivity index is 2.48. The smallest absolute Gasteiger partial charge is 0.334 e. The summed E-state index contributed by atoms with van der Waals surface area (Å²) >= 11 is 0. The van der Waals surface area contributed by atoms with Gasteiger partial charge in [-0.3, -0.25) is 0 Å². The van der Waals surface area contributed by atoms with Gasteiger partial charge >= 0.3 is 12.0 Å². The number of hydrogen-bond donors (Lipinski definition) is 4. The van der Waals surface area contributed by atoms with Crippen LogP contribution in [0.15, 0.2) is 24.3 Å². The summed E-state index contributed by atoms with van der Waals surface area (Å²) in [6.45, 7) is -0.135. The van der Waals surface area contributed by atoms with Gasteiger partial charge in [-0.15, -0.1) is 0 Å². The number of nitrogen functional groups attached to an aromatic ring is 1. The molecule has 1 rings (SSSR count). The van der Waals surface area contributed by atoms with Gasteiger partial charge in [-0.2, -0.15) is 0 Å². The molecule has 98 valence electrons. The number of rotatable bonds is 5. The van der Waals surface area contributed by atoms with E-state index in [4.69, 9.17) is 10.8 Å². The third-order valence-electron chi connectivity index (χ3n) is 2.22. The van der Waals surface area contributed by atoms with Gasteiger partial charge in [0.2, 0.25) is 0 Å². The fourth-order valence-corrected chi connectivity index (χ4v) is 1.23. The van der Waals surface area contributed by atoms with E-state index >= 15 is 0 Å². The molecule has 0 bridgehead atoms. The Morgan fingerprint density at radius 2 is 2.11 bits per heavy atom. The molecule has 0 aliphatic carbocycles. The molecule has 0 radical (unpaired) electrons. The zero-order valence-electron chi connectivity index (χ0n) is 9.84. The Kier molecular flexibility index (Phi) is 4.94. The molecule has 0 aliphatic heterocycles. The van der Waals surface area contributed by atoms with Gasteiger partial charge in [-0.25, -0.2) is 9.59 Å². The Hall–Kier alpha value is -2.28. The molecule has 0 aromatic heterocycles. The first-order chi connectivity index (χ1) is 8.54. The number of nitrogens with one attached hydrogen (secondary N) is 2. The van der Waals surface area contributed by atoms with Gasteiger partial charge in [0, 0.05) is 7.11 Å². The van der Waals surface area contributed by atoms with Crippen molar-refractivity contribution in [1.82, 2.24) is 5.32 Å². The molecule has 0 heterocycles. The first kappa shape index (κ1) is 13.8. The molecule has 18 heavy (non-hydrogen) atoms. The molecule has 2 amide bonds. The minimum Gasteiger partial charge on any atom is -0.479 e. The van der Waals surface area contributed by atoms with E-state index in [0.717, 1.165) is 0 Å². The van der Waals surface area contributed by atoms with Crippen molar-refractivity contribution in [2.45, 2.75) is 6.10 Å². The van der Waals surface area contributed by atoms with E-state index in [1.54, 1.807) is 24.3 Å². The first-order valence-electron chi connectivity index (χ1n) is 5.19. The van der Waals surface area contributed by atoms with Crippen LogP contribution in [-0.2, 0) is 9.53 Å². The van der Waals surface area contributed by atoms with Crippen LogP contribution in [0.3, 0.4) is 0 Å². The summed E-state index contributed by atoms with van der Waals surface area (Å²) in [5.41, 5.74) is 6.52. The number of carboxylic acid groups (broad SMARTS) is 1. The maximum absolute atomic E-state index is 11.5. The number of para-hydroxylation sites is 2. The number of carboxylic acids is 1. The predicted octanol–water partition coefficient (Wildman–Crippen LogP) is 0.490. The van der Waals surface area contributed by atoms with E-state index in [1.165, 1.54) is 7.11 Å². The van der Waals surface area contributed by atoms with Crippen molar-refractivity contribution in [1.29, 1.82) is 0 Å². The maximum atomic E-state index is 11.5. The predicted molar refractivity (Wildman–Crippen MR) is 66.3 cm³/mol. The summed E-state index contributed by atoms with van der Waals surface area (Å²) < 4.78 is 4.67. The topological polar surface area (TPSA) is 114 Å². The lowest BCUT2D eigenvalue weighted by Crippen LogP contribution is -2.39. The monoisotopic (exact) mass is 253 g/mol. The lowest BCUT2D eigenvalue weighted by atomic mass is 10.3. The van der Waals surface area contributed by atoms with Crippen LogP contribution < -0.4 is 16.4 Å². The van der Waals surface area contributed by atoms with Crippen molar-refractivity contribution in [3.8, 4) is 0 Å².